The van der Waals surface area contributed by atoms with Crippen LogP contribution in [0.3, 0.4) is 0 Å². The molecule has 62 valence electrons. The van der Waals surface area contributed by atoms with Crippen LogP contribution in [0.5, 0.6) is 0 Å². The van der Waals surface area contributed by atoms with Gasteiger partial charge in [-0.2, -0.15) is 0 Å². The van der Waals surface area contributed by atoms with E-state index in [1.165, 1.54) is 5.56 Å². The number of pyridine rings is 1. The lowest BCUT2D eigenvalue weighted by Crippen LogP contribution is -2.28. The van der Waals surface area contributed by atoms with Crippen LogP contribution < -0.4 is 4.90 Å². The molecule has 2 rings (SSSR count). The monoisotopic (exact) mass is 224 g/mol. The Bertz CT molecular complexity index is 322. The van der Waals surface area contributed by atoms with Gasteiger partial charge in [0.2, 0.25) is 0 Å². The normalized spacial score (nSPS) is 20.8. The highest BCUT2D eigenvalue weighted by molar-refractivity contribution is 9.09. The Morgan fingerprint density at radius 3 is 3.25 bits per heavy atom. The second-order valence-corrected chi connectivity index (χ2v) is 3.70. The van der Waals surface area contributed by atoms with Crippen molar-refractivity contribution in [3.63, 3.8) is 0 Å². The molecule has 1 aromatic heterocycles. The van der Waals surface area contributed by atoms with Gasteiger partial charge < -0.3 is 4.90 Å². The molecule has 0 aliphatic carbocycles. The van der Waals surface area contributed by atoms with Gasteiger partial charge in [-0.15, -0.1) is 0 Å². The lowest BCUT2D eigenvalue weighted by Gasteiger charge is -2.26. The highest BCUT2D eigenvalue weighted by atomic mass is 79.9. The first-order valence-electron chi connectivity index (χ1n) is 3.79. The van der Waals surface area contributed by atoms with E-state index in [4.69, 9.17) is 0 Å². The molecule has 12 heavy (non-hydrogen) atoms. The van der Waals surface area contributed by atoms with Crippen LogP contribution in [0.4, 0.5) is 5.82 Å². The first kappa shape index (κ1) is 7.80. The number of nitrogens with zero attached hydrogens (tertiary/aromatic N) is 2. The van der Waals surface area contributed by atoms with Gasteiger partial charge in [0.15, 0.2) is 0 Å². The third-order valence-corrected chi connectivity index (χ3v) is 2.88. The van der Waals surface area contributed by atoms with Gasteiger partial charge in [0, 0.05) is 18.8 Å². The molecule has 2 heterocycles. The topological polar surface area (TPSA) is 16.1 Å². The molecule has 0 amide bonds. The van der Waals surface area contributed by atoms with Crippen LogP contribution in [0.25, 0.3) is 6.08 Å². The minimum Gasteiger partial charge on any atom is -0.343 e. The summed E-state index contributed by atoms with van der Waals surface area (Å²) in [6.07, 6.45) is 6.00. The second kappa shape index (κ2) is 2.90. The summed E-state index contributed by atoms with van der Waals surface area (Å²) in [7, 11) is 2.02. The van der Waals surface area contributed by atoms with E-state index in [1.54, 1.807) is 0 Å². The number of aromatic nitrogens is 1. The number of rotatable bonds is 0. The number of hydrogen-bond acceptors (Lipinski definition) is 2. The van der Waals surface area contributed by atoms with Crippen LogP contribution in [0, 0.1) is 0 Å². The van der Waals surface area contributed by atoms with Crippen LogP contribution in [-0.2, 0) is 0 Å². The molecule has 1 unspecified atom stereocenters. The molecule has 0 fully saturated rings. The van der Waals surface area contributed by atoms with Gasteiger partial charge in [0.25, 0.3) is 0 Å². The summed E-state index contributed by atoms with van der Waals surface area (Å²) in [5.41, 5.74) is 1.18. The lowest BCUT2D eigenvalue weighted by molar-refractivity contribution is 0.944. The number of halogens is 1. The number of likely N-dealkylation sites (N-methyl/N-ethyl adjacent to an activating group) is 1. The molecule has 0 spiro atoms. The minimum atomic E-state index is 0.264. The van der Waals surface area contributed by atoms with Crippen molar-refractivity contribution in [2.24, 2.45) is 0 Å². The predicted molar refractivity (Wildman–Crippen MR) is 54.4 cm³/mol. The highest BCUT2D eigenvalue weighted by Crippen LogP contribution is 2.26. The van der Waals surface area contributed by atoms with Gasteiger partial charge >= 0.3 is 0 Å². The SMILES string of the molecule is CN1c2ncccc2C=CC1Br. The zero-order valence-electron chi connectivity index (χ0n) is 6.74. The molecular weight excluding hydrogens is 216 g/mol. The van der Waals surface area contributed by atoms with Gasteiger partial charge in [0.1, 0.15) is 10.8 Å². The smallest absolute Gasteiger partial charge is 0.136 e. The molecule has 0 radical (unpaired) electrons. The summed E-state index contributed by atoms with van der Waals surface area (Å²) in [5, 5.41) is 0. The molecule has 2 nitrogen and oxygen atoms in total. The third-order valence-electron chi connectivity index (χ3n) is 1.96. The van der Waals surface area contributed by atoms with E-state index >= 15 is 0 Å². The summed E-state index contributed by atoms with van der Waals surface area (Å²) in [6.45, 7) is 0. The third kappa shape index (κ3) is 1.14. The molecule has 1 aliphatic rings. The van der Waals surface area contributed by atoms with Crippen molar-refractivity contribution >= 4 is 27.8 Å². The number of anilines is 1. The van der Waals surface area contributed by atoms with Gasteiger partial charge in [-0.05, 0) is 12.1 Å². The maximum absolute atomic E-state index is 4.30. The van der Waals surface area contributed by atoms with E-state index in [1.807, 2.05) is 19.3 Å². The Labute approximate surface area is 80.0 Å². The minimum absolute atomic E-state index is 0.264. The van der Waals surface area contributed by atoms with E-state index in [2.05, 4.69) is 44.0 Å². The maximum Gasteiger partial charge on any atom is 0.136 e. The lowest BCUT2D eigenvalue weighted by atomic mass is 10.2. The summed E-state index contributed by atoms with van der Waals surface area (Å²) in [5.74, 6) is 1.03. The molecule has 0 N–H and O–H groups in total. The highest BCUT2D eigenvalue weighted by Gasteiger charge is 2.16. The molecule has 1 atom stereocenters. The van der Waals surface area contributed by atoms with E-state index in [0.717, 1.165) is 5.82 Å². The Kier molecular flexibility index (Phi) is 1.89. The largest absolute Gasteiger partial charge is 0.343 e. The predicted octanol–water partition coefficient (Wildman–Crippen LogP) is 2.27. The van der Waals surface area contributed by atoms with Crippen molar-refractivity contribution in [3.05, 3.63) is 30.0 Å². The molecule has 3 heteroatoms. The van der Waals surface area contributed by atoms with Gasteiger partial charge in [-0.3, -0.25) is 0 Å². The number of fused-ring (bicyclic) bond motifs is 1. The van der Waals surface area contributed by atoms with Crippen LogP contribution in [-0.4, -0.2) is 17.0 Å². The van der Waals surface area contributed by atoms with Crippen LogP contribution in [0.2, 0.25) is 0 Å². The van der Waals surface area contributed by atoms with Crippen molar-refractivity contribution in [1.82, 2.24) is 4.98 Å². The fourth-order valence-electron chi connectivity index (χ4n) is 1.26. The van der Waals surface area contributed by atoms with E-state index < -0.39 is 0 Å². The Balaban J connectivity index is 2.52. The average Bonchev–Trinajstić information content (AvgIpc) is 2.12. The van der Waals surface area contributed by atoms with Gasteiger partial charge in [0.05, 0.1) is 0 Å². The summed E-state index contributed by atoms with van der Waals surface area (Å²) in [6, 6.07) is 4.01. The molecule has 0 aromatic carbocycles. The van der Waals surface area contributed by atoms with Crippen molar-refractivity contribution in [2.75, 3.05) is 11.9 Å². The Morgan fingerprint density at radius 1 is 1.58 bits per heavy atom. The fraction of sp³-hybridized carbons (Fsp3) is 0.222. The maximum atomic E-state index is 4.30. The Morgan fingerprint density at radius 2 is 2.42 bits per heavy atom. The molecule has 0 bridgehead atoms. The van der Waals surface area contributed by atoms with Gasteiger partial charge in [-0.1, -0.05) is 28.1 Å². The number of hydrogen-bond donors (Lipinski definition) is 0. The fourth-order valence-corrected chi connectivity index (χ4v) is 1.61. The molecule has 0 saturated heterocycles. The number of alkyl halides is 1. The van der Waals surface area contributed by atoms with E-state index in [-0.39, 0.29) is 4.95 Å². The van der Waals surface area contributed by atoms with Crippen molar-refractivity contribution in [3.8, 4) is 0 Å². The van der Waals surface area contributed by atoms with Gasteiger partial charge in [-0.25, -0.2) is 4.98 Å². The van der Waals surface area contributed by atoms with E-state index in [0.29, 0.717) is 0 Å². The summed E-state index contributed by atoms with van der Waals surface area (Å²) >= 11 is 3.52. The summed E-state index contributed by atoms with van der Waals surface area (Å²) in [4.78, 5) is 6.65. The van der Waals surface area contributed by atoms with Crippen molar-refractivity contribution in [2.45, 2.75) is 4.95 Å². The zero-order valence-corrected chi connectivity index (χ0v) is 8.32. The van der Waals surface area contributed by atoms with Crippen LogP contribution >= 0.6 is 15.9 Å². The van der Waals surface area contributed by atoms with Crippen molar-refractivity contribution < 1.29 is 0 Å². The summed E-state index contributed by atoms with van der Waals surface area (Å²) < 4.78 is 0. The van der Waals surface area contributed by atoms with Crippen molar-refractivity contribution in [1.29, 1.82) is 0 Å². The first-order chi connectivity index (χ1) is 5.79. The standard InChI is InChI=1S/C9H9BrN2/c1-12-8(10)5-4-7-3-2-6-11-9(7)12/h2-6,8H,1H3. The van der Waals surface area contributed by atoms with Crippen LogP contribution in [0.1, 0.15) is 5.56 Å². The quantitative estimate of drug-likeness (QED) is 0.497. The second-order valence-electron chi connectivity index (χ2n) is 2.76. The average molecular weight is 225 g/mol. The molecule has 1 aliphatic heterocycles. The van der Waals surface area contributed by atoms with Crippen LogP contribution in [0.15, 0.2) is 24.4 Å². The Hall–Kier alpha value is -0.830. The molecular formula is C9H9BrN2. The zero-order chi connectivity index (χ0) is 8.55. The molecule has 0 saturated carbocycles. The molecule has 1 aromatic rings. The van der Waals surface area contributed by atoms with E-state index in [9.17, 15) is 0 Å². The first-order valence-corrected chi connectivity index (χ1v) is 4.71.